The monoisotopic (exact) mass is 252 g/mol. The van der Waals surface area contributed by atoms with E-state index >= 15 is 0 Å². The topological polar surface area (TPSA) is 70.6 Å². The van der Waals surface area contributed by atoms with Gasteiger partial charge in [-0.2, -0.15) is 0 Å². The van der Waals surface area contributed by atoms with E-state index in [-0.39, 0.29) is 11.7 Å². The Labute approximate surface area is 107 Å². The summed E-state index contributed by atoms with van der Waals surface area (Å²) < 4.78 is 4.88. The van der Waals surface area contributed by atoms with Gasteiger partial charge in [-0.15, -0.1) is 0 Å². The number of methoxy groups -OCH3 is 1. The number of amides is 1. The van der Waals surface area contributed by atoms with Crippen molar-refractivity contribution in [3.8, 4) is 5.75 Å². The fraction of sp³-hybridized carbons (Fsp3) is 0.462. The van der Waals surface area contributed by atoms with Crippen LogP contribution in [0.1, 0.15) is 15.9 Å². The van der Waals surface area contributed by atoms with Crippen LogP contribution in [0.25, 0.3) is 0 Å². The molecule has 0 saturated carbocycles. The van der Waals surface area contributed by atoms with Crippen molar-refractivity contribution in [2.45, 2.75) is 6.92 Å². The van der Waals surface area contributed by atoms with E-state index in [0.717, 1.165) is 12.1 Å². The highest BCUT2D eigenvalue weighted by molar-refractivity contribution is 5.96. The summed E-state index contributed by atoms with van der Waals surface area (Å²) in [6, 6.07) is 5.00. The molecule has 1 rings (SSSR count). The van der Waals surface area contributed by atoms with Gasteiger partial charge in [-0.3, -0.25) is 4.79 Å². The van der Waals surface area contributed by atoms with Gasteiger partial charge in [0.2, 0.25) is 0 Å². The summed E-state index contributed by atoms with van der Waals surface area (Å²) in [6.07, 6.45) is 0. The molecular weight excluding hydrogens is 232 g/mol. The van der Waals surface area contributed by atoms with Gasteiger partial charge >= 0.3 is 0 Å². The normalized spacial score (nSPS) is 10.3. The van der Waals surface area contributed by atoms with E-state index in [1.807, 2.05) is 6.92 Å². The van der Waals surface area contributed by atoms with Crippen molar-refractivity contribution < 1.29 is 14.6 Å². The van der Waals surface area contributed by atoms with E-state index in [1.165, 1.54) is 0 Å². The molecule has 0 radical (unpaired) electrons. The SMILES string of the molecule is COCCNCCNC(=O)c1ccc(C)cc1O. The van der Waals surface area contributed by atoms with Crippen molar-refractivity contribution in [2.24, 2.45) is 0 Å². The van der Waals surface area contributed by atoms with E-state index in [0.29, 0.717) is 25.3 Å². The first kappa shape index (κ1) is 14.5. The molecule has 0 spiro atoms. The number of hydrogen-bond donors (Lipinski definition) is 3. The number of hydrogen-bond acceptors (Lipinski definition) is 4. The molecule has 0 atom stereocenters. The number of rotatable bonds is 7. The van der Waals surface area contributed by atoms with Crippen molar-refractivity contribution >= 4 is 5.91 Å². The molecule has 3 N–H and O–H groups in total. The van der Waals surface area contributed by atoms with Gasteiger partial charge in [0.25, 0.3) is 5.91 Å². The Morgan fingerprint density at radius 2 is 2.11 bits per heavy atom. The summed E-state index contributed by atoms with van der Waals surface area (Å²) in [7, 11) is 1.64. The maximum Gasteiger partial charge on any atom is 0.255 e. The molecule has 100 valence electrons. The van der Waals surface area contributed by atoms with Crippen LogP contribution < -0.4 is 10.6 Å². The molecule has 0 aliphatic heterocycles. The maximum absolute atomic E-state index is 11.7. The fourth-order valence-electron chi connectivity index (χ4n) is 1.49. The molecule has 0 saturated heterocycles. The fourth-order valence-corrected chi connectivity index (χ4v) is 1.49. The van der Waals surface area contributed by atoms with Crippen molar-refractivity contribution in [2.75, 3.05) is 33.4 Å². The van der Waals surface area contributed by atoms with E-state index in [4.69, 9.17) is 4.74 Å². The van der Waals surface area contributed by atoms with Gasteiger partial charge in [-0.05, 0) is 24.6 Å². The lowest BCUT2D eigenvalue weighted by atomic mass is 10.1. The molecule has 18 heavy (non-hydrogen) atoms. The molecule has 5 nitrogen and oxygen atoms in total. The molecule has 0 aliphatic rings. The highest BCUT2D eigenvalue weighted by Crippen LogP contribution is 2.17. The van der Waals surface area contributed by atoms with E-state index in [1.54, 1.807) is 25.3 Å². The third-order valence-corrected chi connectivity index (χ3v) is 2.47. The Morgan fingerprint density at radius 3 is 2.78 bits per heavy atom. The standard InChI is InChI=1S/C13H20N2O3/c1-10-3-4-11(12(16)9-10)13(17)15-6-5-14-7-8-18-2/h3-4,9,14,16H,5-8H2,1-2H3,(H,15,17). The summed E-state index contributed by atoms with van der Waals surface area (Å²) in [5.74, 6) is -0.249. The summed E-state index contributed by atoms with van der Waals surface area (Å²) >= 11 is 0. The zero-order valence-corrected chi connectivity index (χ0v) is 10.8. The van der Waals surface area contributed by atoms with Gasteiger partial charge in [0.05, 0.1) is 12.2 Å². The van der Waals surface area contributed by atoms with Crippen LogP contribution in [-0.4, -0.2) is 44.4 Å². The Bertz CT molecular complexity index is 394. The summed E-state index contributed by atoms with van der Waals surface area (Å²) in [5, 5.41) is 15.5. The van der Waals surface area contributed by atoms with Crippen LogP contribution in [0.15, 0.2) is 18.2 Å². The van der Waals surface area contributed by atoms with Crippen molar-refractivity contribution in [3.05, 3.63) is 29.3 Å². The molecule has 1 aromatic rings. The highest BCUT2D eigenvalue weighted by atomic mass is 16.5. The lowest BCUT2D eigenvalue weighted by molar-refractivity contribution is 0.0951. The van der Waals surface area contributed by atoms with Crippen LogP contribution >= 0.6 is 0 Å². The molecule has 0 bridgehead atoms. The van der Waals surface area contributed by atoms with Crippen molar-refractivity contribution in [3.63, 3.8) is 0 Å². The van der Waals surface area contributed by atoms with E-state index < -0.39 is 0 Å². The quantitative estimate of drug-likeness (QED) is 0.624. The largest absolute Gasteiger partial charge is 0.507 e. The zero-order valence-electron chi connectivity index (χ0n) is 10.8. The minimum Gasteiger partial charge on any atom is -0.507 e. The lowest BCUT2D eigenvalue weighted by Crippen LogP contribution is -2.33. The van der Waals surface area contributed by atoms with E-state index in [2.05, 4.69) is 10.6 Å². The predicted molar refractivity (Wildman–Crippen MR) is 69.9 cm³/mol. The first-order valence-corrected chi connectivity index (χ1v) is 5.92. The first-order valence-electron chi connectivity index (χ1n) is 5.92. The molecule has 0 heterocycles. The molecule has 0 aliphatic carbocycles. The van der Waals surface area contributed by atoms with Gasteiger partial charge in [0.1, 0.15) is 5.75 Å². The van der Waals surface area contributed by atoms with Gasteiger partial charge in [0.15, 0.2) is 0 Å². The molecular formula is C13H20N2O3. The molecule has 0 fully saturated rings. The average Bonchev–Trinajstić information content (AvgIpc) is 2.33. The summed E-state index contributed by atoms with van der Waals surface area (Å²) in [6.45, 7) is 4.44. The van der Waals surface area contributed by atoms with Crippen LogP contribution in [0.2, 0.25) is 0 Å². The Hall–Kier alpha value is -1.59. The number of benzene rings is 1. The molecule has 5 heteroatoms. The Balaban J connectivity index is 2.32. The van der Waals surface area contributed by atoms with Crippen molar-refractivity contribution in [1.29, 1.82) is 0 Å². The van der Waals surface area contributed by atoms with Gasteiger partial charge in [0, 0.05) is 26.7 Å². The molecule has 1 aromatic carbocycles. The predicted octanol–water partition coefficient (Wildman–Crippen LogP) is 0.666. The number of phenolic OH excluding ortho intramolecular Hbond substituents is 1. The number of aromatic hydroxyl groups is 1. The number of ether oxygens (including phenoxy) is 1. The number of aryl methyl sites for hydroxylation is 1. The van der Waals surface area contributed by atoms with Crippen LogP contribution in [0.3, 0.4) is 0 Å². The maximum atomic E-state index is 11.7. The second kappa shape index (κ2) is 7.68. The zero-order chi connectivity index (χ0) is 13.4. The van der Waals surface area contributed by atoms with Gasteiger partial charge in [-0.25, -0.2) is 0 Å². The van der Waals surface area contributed by atoms with Crippen molar-refractivity contribution in [1.82, 2.24) is 10.6 Å². The minimum atomic E-state index is -0.263. The molecule has 0 aromatic heterocycles. The summed E-state index contributed by atoms with van der Waals surface area (Å²) in [5.41, 5.74) is 1.22. The number of carbonyl (C=O) groups is 1. The molecule has 0 unspecified atom stereocenters. The lowest BCUT2D eigenvalue weighted by Gasteiger charge is -2.08. The Morgan fingerprint density at radius 1 is 1.33 bits per heavy atom. The number of carbonyl (C=O) groups excluding carboxylic acids is 1. The average molecular weight is 252 g/mol. The second-order valence-electron chi connectivity index (χ2n) is 4.02. The number of nitrogens with one attached hydrogen (secondary N) is 2. The van der Waals surface area contributed by atoms with Crippen LogP contribution in [0.4, 0.5) is 0 Å². The molecule has 1 amide bonds. The van der Waals surface area contributed by atoms with Crippen LogP contribution in [0.5, 0.6) is 5.75 Å². The smallest absolute Gasteiger partial charge is 0.255 e. The number of phenols is 1. The Kier molecular flexibility index (Phi) is 6.18. The second-order valence-corrected chi connectivity index (χ2v) is 4.02. The first-order chi connectivity index (χ1) is 8.65. The summed E-state index contributed by atoms with van der Waals surface area (Å²) in [4.78, 5) is 11.7. The van der Waals surface area contributed by atoms with Crippen LogP contribution in [0, 0.1) is 6.92 Å². The highest BCUT2D eigenvalue weighted by Gasteiger charge is 2.09. The minimum absolute atomic E-state index is 0.0137. The van der Waals surface area contributed by atoms with Crippen LogP contribution in [-0.2, 0) is 4.74 Å². The van der Waals surface area contributed by atoms with Gasteiger partial charge < -0.3 is 20.5 Å². The third kappa shape index (κ3) is 4.73. The third-order valence-electron chi connectivity index (χ3n) is 2.47. The van der Waals surface area contributed by atoms with Gasteiger partial charge in [-0.1, -0.05) is 6.07 Å². The van der Waals surface area contributed by atoms with E-state index in [9.17, 15) is 9.90 Å².